The topological polar surface area (TPSA) is 134 Å². The zero-order valence-electron chi connectivity index (χ0n) is 15.8. The Kier molecular flexibility index (Phi) is 8.60. The van der Waals surface area contributed by atoms with Crippen molar-refractivity contribution in [3.63, 3.8) is 0 Å². The summed E-state index contributed by atoms with van der Waals surface area (Å²) in [5, 5.41) is 2.34. The predicted octanol–water partition coefficient (Wildman–Crippen LogP) is 0.0969. The smallest absolute Gasteiger partial charge is 0.337 e. The second kappa shape index (κ2) is 10.7. The number of esters is 4. The Morgan fingerprint density at radius 1 is 0.857 bits per heavy atom. The van der Waals surface area contributed by atoms with E-state index in [4.69, 9.17) is 0 Å². The number of benzene rings is 1. The van der Waals surface area contributed by atoms with Gasteiger partial charge in [-0.1, -0.05) is 6.07 Å². The number of carbonyl (C=O) groups is 5. The summed E-state index contributed by atoms with van der Waals surface area (Å²) >= 11 is 0. The Bertz CT molecular complexity index is 759. The quantitative estimate of drug-likeness (QED) is 0.480. The van der Waals surface area contributed by atoms with Gasteiger partial charge in [0, 0.05) is 5.56 Å². The maximum Gasteiger partial charge on any atom is 0.337 e. The highest BCUT2D eigenvalue weighted by atomic mass is 16.5. The molecule has 0 fully saturated rings. The predicted molar refractivity (Wildman–Crippen MR) is 93.2 cm³/mol. The van der Waals surface area contributed by atoms with Crippen LogP contribution in [0.2, 0.25) is 0 Å². The highest BCUT2D eigenvalue weighted by molar-refractivity contribution is 6.00. The Hall–Kier alpha value is -3.43. The first kappa shape index (κ1) is 22.6. The third-order valence-electron chi connectivity index (χ3n) is 3.81. The van der Waals surface area contributed by atoms with E-state index in [1.165, 1.54) is 31.4 Å². The van der Waals surface area contributed by atoms with Gasteiger partial charge in [0.15, 0.2) is 0 Å². The molecule has 0 heterocycles. The molecular formula is C18H21NO9. The summed E-state index contributed by atoms with van der Waals surface area (Å²) in [5.74, 6) is -5.47. The van der Waals surface area contributed by atoms with Crippen molar-refractivity contribution < 1.29 is 42.9 Å². The van der Waals surface area contributed by atoms with E-state index in [-0.39, 0.29) is 11.1 Å². The van der Waals surface area contributed by atoms with Crippen LogP contribution in [0.3, 0.4) is 0 Å². The molecule has 2 atom stereocenters. The number of carbonyl (C=O) groups excluding carboxylic acids is 5. The minimum absolute atomic E-state index is 0.0264. The molecule has 1 aromatic carbocycles. The van der Waals surface area contributed by atoms with E-state index in [1.54, 1.807) is 0 Å². The molecule has 0 bridgehead atoms. The number of ether oxygens (including phenoxy) is 4. The molecule has 0 aliphatic rings. The number of rotatable bonds is 8. The second-order valence-corrected chi connectivity index (χ2v) is 5.46. The molecule has 0 unspecified atom stereocenters. The lowest BCUT2D eigenvalue weighted by Crippen LogP contribution is -2.50. The highest BCUT2D eigenvalue weighted by Gasteiger charge is 2.38. The summed E-state index contributed by atoms with van der Waals surface area (Å²) in [6, 6.07) is 4.01. The number of hydrogen-bond acceptors (Lipinski definition) is 9. The van der Waals surface area contributed by atoms with Crippen LogP contribution >= 0.6 is 0 Å². The first-order valence-corrected chi connectivity index (χ1v) is 8.00. The minimum Gasteiger partial charge on any atom is -0.469 e. The lowest BCUT2D eigenvalue weighted by molar-refractivity contribution is -0.158. The summed E-state index contributed by atoms with van der Waals surface area (Å²) in [5.41, 5.74) is 0.141. The van der Waals surface area contributed by atoms with E-state index in [0.29, 0.717) is 0 Å². The van der Waals surface area contributed by atoms with E-state index in [0.717, 1.165) is 21.3 Å². The molecule has 0 aliphatic heterocycles. The molecule has 1 N–H and O–H groups in total. The maximum absolute atomic E-state index is 12.6. The van der Waals surface area contributed by atoms with Crippen molar-refractivity contribution in [1.82, 2.24) is 5.32 Å². The van der Waals surface area contributed by atoms with E-state index in [1.807, 2.05) is 0 Å². The number of amides is 1. The molecular weight excluding hydrogens is 374 g/mol. The minimum atomic E-state index is -1.52. The molecule has 1 amide bonds. The molecule has 0 aromatic heterocycles. The molecule has 1 aromatic rings. The summed E-state index contributed by atoms with van der Waals surface area (Å²) < 4.78 is 18.4. The molecule has 0 saturated heterocycles. The standard InChI is InChI=1S/C18H21NO9/c1-25-13(20)9-12(17(23)27-3)14(18(24)28-4)19-15(21)10-6-5-7-11(8-10)16(22)26-2/h5-8,12,14H,9H2,1-4H3,(H,19,21)/t12-,14-/m0/s1. The van der Waals surface area contributed by atoms with E-state index >= 15 is 0 Å². The van der Waals surface area contributed by atoms with Crippen molar-refractivity contribution in [2.24, 2.45) is 5.92 Å². The summed E-state index contributed by atoms with van der Waals surface area (Å²) in [4.78, 5) is 60.0. The normalized spacial score (nSPS) is 12.1. The fraction of sp³-hybridized carbons (Fsp3) is 0.389. The van der Waals surface area contributed by atoms with Crippen molar-refractivity contribution in [1.29, 1.82) is 0 Å². The zero-order chi connectivity index (χ0) is 21.3. The van der Waals surface area contributed by atoms with Crippen LogP contribution in [0, 0.1) is 5.92 Å². The van der Waals surface area contributed by atoms with Crippen LogP contribution < -0.4 is 5.32 Å². The van der Waals surface area contributed by atoms with Gasteiger partial charge in [0.1, 0.15) is 6.04 Å². The first-order valence-electron chi connectivity index (χ1n) is 8.00. The molecule has 10 heteroatoms. The van der Waals surface area contributed by atoms with Gasteiger partial charge in [0.25, 0.3) is 5.91 Å². The van der Waals surface area contributed by atoms with E-state index in [2.05, 4.69) is 24.3 Å². The number of nitrogens with one attached hydrogen (secondary N) is 1. The fourth-order valence-corrected chi connectivity index (χ4v) is 2.33. The van der Waals surface area contributed by atoms with Crippen LogP contribution in [0.25, 0.3) is 0 Å². The molecule has 1 rings (SSSR count). The Labute approximate surface area is 161 Å². The van der Waals surface area contributed by atoms with Crippen molar-refractivity contribution in [2.75, 3.05) is 28.4 Å². The molecule has 0 aliphatic carbocycles. The van der Waals surface area contributed by atoms with Crippen LogP contribution in [0.5, 0.6) is 0 Å². The second-order valence-electron chi connectivity index (χ2n) is 5.46. The summed E-state index contributed by atoms with van der Waals surface area (Å²) in [6.45, 7) is 0. The highest BCUT2D eigenvalue weighted by Crippen LogP contribution is 2.16. The van der Waals surface area contributed by atoms with Crippen LogP contribution in [0.1, 0.15) is 27.1 Å². The van der Waals surface area contributed by atoms with E-state index in [9.17, 15) is 24.0 Å². The van der Waals surface area contributed by atoms with Gasteiger partial charge in [-0.25, -0.2) is 9.59 Å². The van der Waals surface area contributed by atoms with Crippen LogP contribution in [-0.4, -0.2) is 64.3 Å². The van der Waals surface area contributed by atoms with Gasteiger partial charge in [-0.05, 0) is 18.2 Å². The lowest BCUT2D eigenvalue weighted by Gasteiger charge is -2.23. The zero-order valence-corrected chi connectivity index (χ0v) is 15.8. The van der Waals surface area contributed by atoms with Gasteiger partial charge >= 0.3 is 23.9 Å². The molecule has 0 spiro atoms. The molecule has 0 saturated carbocycles. The van der Waals surface area contributed by atoms with Crippen molar-refractivity contribution in [2.45, 2.75) is 12.5 Å². The fourth-order valence-electron chi connectivity index (χ4n) is 2.33. The molecule has 10 nitrogen and oxygen atoms in total. The van der Waals surface area contributed by atoms with Crippen LogP contribution in [0.15, 0.2) is 24.3 Å². The molecule has 0 radical (unpaired) electrons. The largest absolute Gasteiger partial charge is 0.469 e. The molecule has 28 heavy (non-hydrogen) atoms. The molecule has 152 valence electrons. The third-order valence-corrected chi connectivity index (χ3v) is 3.81. The average molecular weight is 395 g/mol. The lowest BCUT2D eigenvalue weighted by atomic mass is 9.95. The van der Waals surface area contributed by atoms with Gasteiger partial charge < -0.3 is 24.3 Å². The van der Waals surface area contributed by atoms with Gasteiger partial charge in [0.2, 0.25) is 0 Å². The maximum atomic E-state index is 12.6. The van der Waals surface area contributed by atoms with E-state index < -0.39 is 48.2 Å². The first-order chi connectivity index (χ1) is 13.3. The summed E-state index contributed by atoms with van der Waals surface area (Å²) in [7, 11) is 4.44. The average Bonchev–Trinajstić information content (AvgIpc) is 2.73. The Balaban J connectivity index is 3.18. The van der Waals surface area contributed by atoms with Crippen molar-refractivity contribution in [3.05, 3.63) is 35.4 Å². The van der Waals surface area contributed by atoms with Crippen LogP contribution in [0.4, 0.5) is 0 Å². The van der Waals surface area contributed by atoms with Crippen molar-refractivity contribution >= 4 is 29.8 Å². The Morgan fingerprint density at radius 3 is 2.00 bits per heavy atom. The monoisotopic (exact) mass is 395 g/mol. The van der Waals surface area contributed by atoms with Gasteiger partial charge in [0.05, 0.1) is 46.3 Å². The van der Waals surface area contributed by atoms with Crippen LogP contribution in [-0.2, 0) is 33.3 Å². The van der Waals surface area contributed by atoms with Gasteiger partial charge in [-0.15, -0.1) is 0 Å². The van der Waals surface area contributed by atoms with Gasteiger partial charge in [-0.3, -0.25) is 14.4 Å². The number of methoxy groups -OCH3 is 4. The summed E-state index contributed by atoms with van der Waals surface area (Å²) in [6.07, 6.45) is -0.522. The Morgan fingerprint density at radius 2 is 1.46 bits per heavy atom. The third kappa shape index (κ3) is 5.79. The van der Waals surface area contributed by atoms with Crippen molar-refractivity contribution in [3.8, 4) is 0 Å². The number of hydrogen-bond donors (Lipinski definition) is 1. The van der Waals surface area contributed by atoms with Gasteiger partial charge in [-0.2, -0.15) is 0 Å². The SMILES string of the molecule is COC(=O)C[C@H](C(=O)OC)[C@H](NC(=O)c1cccc(C(=O)OC)c1)C(=O)OC.